The van der Waals surface area contributed by atoms with Gasteiger partial charge in [0.25, 0.3) is 0 Å². The summed E-state index contributed by atoms with van der Waals surface area (Å²) in [4.78, 5) is 9.92. The Morgan fingerprint density at radius 3 is 2.75 bits per heavy atom. The summed E-state index contributed by atoms with van der Waals surface area (Å²) in [6.45, 7) is 5.15. The minimum atomic E-state index is 0.00796. The van der Waals surface area contributed by atoms with Gasteiger partial charge in [0.1, 0.15) is 5.69 Å². The van der Waals surface area contributed by atoms with E-state index >= 15 is 0 Å². The van der Waals surface area contributed by atoms with Crippen LogP contribution in [0.2, 0.25) is 0 Å². The summed E-state index contributed by atoms with van der Waals surface area (Å²) in [5.41, 5.74) is 2.06. The second-order valence-corrected chi connectivity index (χ2v) is 6.85. The number of halogens is 1. The molecule has 0 aliphatic carbocycles. The van der Waals surface area contributed by atoms with E-state index in [-0.39, 0.29) is 6.04 Å². The van der Waals surface area contributed by atoms with E-state index in [4.69, 9.17) is 4.74 Å². The van der Waals surface area contributed by atoms with Crippen molar-refractivity contribution >= 4 is 27.3 Å². The van der Waals surface area contributed by atoms with E-state index in [1.54, 1.807) is 30.8 Å². The van der Waals surface area contributed by atoms with Gasteiger partial charge in [-0.2, -0.15) is 0 Å². The Balaban J connectivity index is 2.41. The number of hydrogen-bond acceptors (Lipinski definition) is 5. The minimum absolute atomic E-state index is 0.00796. The number of ether oxygens (including phenoxy) is 1. The maximum Gasteiger partial charge on any atom is 0.237 e. The second-order valence-electron chi connectivity index (χ2n) is 4.44. The Morgan fingerprint density at radius 1 is 1.40 bits per heavy atom. The highest BCUT2D eigenvalue weighted by molar-refractivity contribution is 9.11. The van der Waals surface area contributed by atoms with Crippen LogP contribution in [0.15, 0.2) is 22.2 Å². The Labute approximate surface area is 131 Å². The molecule has 0 aliphatic rings. The first-order valence-corrected chi connectivity index (χ1v) is 8.12. The molecular weight excluding hydrogens is 338 g/mol. The molecule has 0 saturated carbocycles. The first-order valence-electron chi connectivity index (χ1n) is 6.51. The topological polar surface area (TPSA) is 47.0 Å². The number of aryl methyl sites for hydroxylation is 1. The first-order chi connectivity index (χ1) is 9.67. The van der Waals surface area contributed by atoms with Gasteiger partial charge < -0.3 is 10.1 Å². The van der Waals surface area contributed by atoms with Gasteiger partial charge in [-0.3, -0.25) is 4.98 Å². The SMILES string of the molecule is CCCNC(c1cc(C)c(Br)s1)c1nccnc1OC. The fraction of sp³-hybridized carbons (Fsp3) is 0.429. The molecule has 6 heteroatoms. The van der Waals surface area contributed by atoms with E-state index in [1.807, 2.05) is 0 Å². The summed E-state index contributed by atoms with van der Waals surface area (Å²) < 4.78 is 6.50. The third kappa shape index (κ3) is 3.37. The molecule has 20 heavy (non-hydrogen) atoms. The van der Waals surface area contributed by atoms with Crippen LogP contribution >= 0.6 is 27.3 Å². The molecule has 0 amide bonds. The number of nitrogens with one attached hydrogen (secondary N) is 1. The molecule has 0 spiro atoms. The molecule has 2 aromatic heterocycles. The Kier molecular flexibility index (Phi) is 5.51. The van der Waals surface area contributed by atoms with Gasteiger partial charge in [0, 0.05) is 17.3 Å². The lowest BCUT2D eigenvalue weighted by molar-refractivity contribution is 0.383. The van der Waals surface area contributed by atoms with Crippen LogP contribution in [0.4, 0.5) is 0 Å². The molecule has 2 aromatic rings. The van der Waals surface area contributed by atoms with Crippen LogP contribution in [0.3, 0.4) is 0 Å². The summed E-state index contributed by atoms with van der Waals surface area (Å²) in [5, 5.41) is 3.52. The largest absolute Gasteiger partial charge is 0.480 e. The highest BCUT2D eigenvalue weighted by Gasteiger charge is 2.22. The normalized spacial score (nSPS) is 12.4. The van der Waals surface area contributed by atoms with E-state index in [0.29, 0.717) is 5.88 Å². The van der Waals surface area contributed by atoms with E-state index in [2.05, 4.69) is 51.1 Å². The van der Waals surface area contributed by atoms with E-state index in [0.717, 1.165) is 22.4 Å². The lowest BCUT2D eigenvalue weighted by atomic mass is 10.1. The Bertz CT molecular complexity index is 554. The van der Waals surface area contributed by atoms with Crippen molar-refractivity contribution in [2.24, 2.45) is 0 Å². The number of aromatic nitrogens is 2. The molecule has 0 saturated heterocycles. The summed E-state index contributed by atoms with van der Waals surface area (Å²) in [6, 6.07) is 2.18. The average Bonchev–Trinajstić information content (AvgIpc) is 2.79. The van der Waals surface area contributed by atoms with Crippen molar-refractivity contribution in [1.82, 2.24) is 15.3 Å². The minimum Gasteiger partial charge on any atom is -0.480 e. The van der Waals surface area contributed by atoms with Crippen molar-refractivity contribution in [1.29, 1.82) is 0 Å². The van der Waals surface area contributed by atoms with Crippen molar-refractivity contribution in [3.63, 3.8) is 0 Å². The molecular formula is C14H18BrN3OS. The zero-order valence-corrected chi connectivity index (χ0v) is 14.2. The maximum atomic E-state index is 5.34. The van der Waals surface area contributed by atoms with Crippen LogP contribution in [0.25, 0.3) is 0 Å². The van der Waals surface area contributed by atoms with Gasteiger partial charge in [-0.05, 0) is 47.4 Å². The molecule has 2 rings (SSSR count). The fourth-order valence-electron chi connectivity index (χ4n) is 1.94. The molecule has 1 atom stereocenters. The number of hydrogen-bond donors (Lipinski definition) is 1. The van der Waals surface area contributed by atoms with Crippen molar-refractivity contribution in [2.75, 3.05) is 13.7 Å². The van der Waals surface area contributed by atoms with Gasteiger partial charge in [-0.1, -0.05) is 6.92 Å². The highest BCUT2D eigenvalue weighted by Crippen LogP contribution is 2.35. The lowest BCUT2D eigenvalue weighted by Crippen LogP contribution is -2.24. The number of methoxy groups -OCH3 is 1. The quantitative estimate of drug-likeness (QED) is 0.857. The highest BCUT2D eigenvalue weighted by atomic mass is 79.9. The van der Waals surface area contributed by atoms with Crippen LogP contribution < -0.4 is 10.1 Å². The molecule has 2 heterocycles. The van der Waals surface area contributed by atoms with Crippen molar-refractivity contribution in [3.8, 4) is 5.88 Å². The van der Waals surface area contributed by atoms with Crippen molar-refractivity contribution in [3.05, 3.63) is 38.4 Å². The number of nitrogens with zero attached hydrogens (tertiary/aromatic N) is 2. The molecule has 1 N–H and O–H groups in total. The monoisotopic (exact) mass is 355 g/mol. The summed E-state index contributed by atoms with van der Waals surface area (Å²) >= 11 is 5.30. The number of thiophene rings is 1. The maximum absolute atomic E-state index is 5.34. The van der Waals surface area contributed by atoms with Crippen LogP contribution in [-0.2, 0) is 0 Å². The van der Waals surface area contributed by atoms with E-state index in [1.165, 1.54) is 10.4 Å². The van der Waals surface area contributed by atoms with Crippen LogP contribution in [0, 0.1) is 6.92 Å². The molecule has 0 bridgehead atoms. The zero-order valence-electron chi connectivity index (χ0n) is 11.8. The molecule has 1 unspecified atom stereocenters. The molecule has 0 fully saturated rings. The second kappa shape index (κ2) is 7.15. The van der Waals surface area contributed by atoms with Gasteiger partial charge >= 0.3 is 0 Å². The van der Waals surface area contributed by atoms with E-state index < -0.39 is 0 Å². The van der Waals surface area contributed by atoms with Gasteiger partial charge in [-0.25, -0.2) is 4.98 Å². The lowest BCUT2D eigenvalue weighted by Gasteiger charge is -2.18. The van der Waals surface area contributed by atoms with E-state index in [9.17, 15) is 0 Å². The summed E-state index contributed by atoms with van der Waals surface area (Å²) in [7, 11) is 1.62. The molecule has 4 nitrogen and oxygen atoms in total. The number of rotatable bonds is 6. The van der Waals surface area contributed by atoms with Crippen molar-refractivity contribution < 1.29 is 4.74 Å². The fourth-order valence-corrected chi connectivity index (χ4v) is 3.59. The summed E-state index contributed by atoms with van der Waals surface area (Å²) in [6.07, 6.45) is 4.41. The Hall–Kier alpha value is -0.980. The molecule has 0 aromatic carbocycles. The smallest absolute Gasteiger partial charge is 0.237 e. The van der Waals surface area contributed by atoms with Crippen LogP contribution in [-0.4, -0.2) is 23.6 Å². The average molecular weight is 356 g/mol. The summed E-state index contributed by atoms with van der Waals surface area (Å²) in [5.74, 6) is 0.572. The van der Waals surface area contributed by atoms with Crippen LogP contribution in [0.1, 0.15) is 35.5 Å². The zero-order chi connectivity index (χ0) is 14.5. The first kappa shape index (κ1) is 15.4. The molecule has 0 radical (unpaired) electrons. The van der Waals surface area contributed by atoms with Gasteiger partial charge in [0.15, 0.2) is 0 Å². The predicted molar refractivity (Wildman–Crippen MR) is 85.5 cm³/mol. The predicted octanol–water partition coefficient (Wildman–Crippen LogP) is 3.71. The van der Waals surface area contributed by atoms with Gasteiger partial charge in [0.05, 0.1) is 16.9 Å². The molecule has 108 valence electrons. The van der Waals surface area contributed by atoms with Gasteiger partial charge in [-0.15, -0.1) is 11.3 Å². The molecule has 0 aliphatic heterocycles. The third-order valence-electron chi connectivity index (χ3n) is 2.92. The Morgan fingerprint density at radius 2 is 2.15 bits per heavy atom. The standard InChI is InChI=1S/C14H18BrN3OS/c1-4-5-16-11(10-8-9(2)13(15)20-10)12-14(19-3)18-7-6-17-12/h6-8,11,16H,4-5H2,1-3H3. The third-order valence-corrected chi connectivity index (χ3v) is 5.12. The van der Waals surface area contributed by atoms with Crippen LogP contribution in [0.5, 0.6) is 5.88 Å². The van der Waals surface area contributed by atoms with Crippen molar-refractivity contribution in [2.45, 2.75) is 26.3 Å². The van der Waals surface area contributed by atoms with Gasteiger partial charge in [0.2, 0.25) is 5.88 Å².